The Morgan fingerprint density at radius 1 is 0.269 bits per heavy atom. The molecule has 0 bridgehead atoms. The zero-order valence-corrected chi connectivity index (χ0v) is 74.1. The number of aliphatic hydroxyl groups is 23. The lowest BCUT2D eigenvalue weighted by Gasteiger charge is -2.46. The lowest BCUT2D eigenvalue weighted by atomic mass is 9.96. The van der Waals surface area contributed by atoms with E-state index in [1.807, 2.05) is 0 Å². The average molecular weight is 1950 g/mol. The Morgan fingerprint density at radius 3 is 0.858 bits per heavy atom. The highest BCUT2D eigenvalue weighted by molar-refractivity contribution is 5.85. The Hall–Kier alpha value is -5.40. The Balaban J connectivity index is 0.0000276. The first-order valence-corrected chi connectivity index (χ1v) is 44.8. The normalized spacial score (nSPS) is 35.7. The van der Waals surface area contributed by atoms with Gasteiger partial charge in [-0.15, -0.1) is 0 Å². The number of carbonyl (C=O) groups is 8. The number of hydrogen-bond acceptors (Lipinski definition) is 47. The highest BCUT2D eigenvalue weighted by Gasteiger charge is 2.56. The topological polar surface area (TPSA) is 810 Å². The average Bonchev–Trinajstić information content (AvgIpc) is 0.787. The van der Waals surface area contributed by atoms with Gasteiger partial charge in [0.25, 0.3) is 0 Å². The molecule has 7 saturated heterocycles. The summed E-state index contributed by atoms with van der Waals surface area (Å²) in [6, 6.07) is 0. The van der Waals surface area contributed by atoms with Gasteiger partial charge in [-0.2, -0.15) is 0 Å². The lowest BCUT2D eigenvalue weighted by molar-refractivity contribution is -0.366. The van der Waals surface area contributed by atoms with Crippen molar-refractivity contribution < 1.29 is 222 Å². The Labute approximate surface area is 772 Å². The van der Waals surface area contributed by atoms with Crippen LogP contribution < -0.4 is 31.9 Å². The van der Waals surface area contributed by atoms with Crippen molar-refractivity contribution in [1.82, 2.24) is 41.7 Å². The summed E-state index contributed by atoms with van der Waals surface area (Å²) in [5, 5.41) is 257. The maximum absolute atomic E-state index is 13.6. The van der Waals surface area contributed by atoms with Crippen LogP contribution in [0.15, 0.2) is 0 Å². The van der Waals surface area contributed by atoms with Gasteiger partial charge >= 0.3 is 0 Å². The van der Waals surface area contributed by atoms with E-state index in [0.717, 1.165) is 4.90 Å². The summed E-state index contributed by atoms with van der Waals surface area (Å²) in [6.07, 6.45) is -55.2. The number of hydrogen-bond donors (Lipinski definition) is 29. The SMILES string of the molecule is C.CCC(=O)CCCCCNC(=O)CN(CC(=O)NCCCCCNC(=O)CN(CC(=O)NCCO[C@@H]1O[C@@H](C)[C@@H](O)[C@@H](O)[C@@H]1O)CC(=O)NCCO[C@H]1O[C@H](CO[C@H]2O[C@H](CO)[C@@H](O)[C@H](O)[C@@H]2O)[C@@H](O)[C@H](O[C@H]2O[C@H](CO)[C@@H](O)[C@H](O)[C@@H]2O)[C@@H]1O)CC(=O)NCCCCCC(=O)CCCO[C@H]1O[C@H](CO[C@H]2O[C@H](CO)[C@@H](O)[C@H](O)[C@@H]2O)[C@@H](O)[C@H](O[C@H]2O[C@H](CO)[C@@H](O)[C@H](O)[C@@H]2O)[C@@H]1O. The third kappa shape index (κ3) is 36.0. The Bertz CT molecular complexity index is 3440. The van der Waals surface area contributed by atoms with Crippen LogP contribution in [0, 0.1) is 0 Å². The Kier molecular flexibility index (Phi) is 52.5. The van der Waals surface area contributed by atoms with E-state index in [1.54, 1.807) is 6.92 Å². The minimum atomic E-state index is -2.03. The number of nitrogens with zero attached hydrogens (tertiary/aromatic N) is 2. The van der Waals surface area contributed by atoms with E-state index in [4.69, 9.17) is 66.3 Å². The molecule has 778 valence electrons. The van der Waals surface area contributed by atoms with Crippen molar-refractivity contribution >= 4 is 47.0 Å². The highest BCUT2D eigenvalue weighted by Crippen LogP contribution is 2.35. The van der Waals surface area contributed by atoms with Crippen LogP contribution in [0.5, 0.6) is 0 Å². The molecule has 0 aromatic rings. The predicted octanol–water partition coefficient (Wildman–Crippen LogP) is -15.7. The third-order valence-corrected chi connectivity index (χ3v) is 23.2. The van der Waals surface area contributed by atoms with Gasteiger partial charge < -0.3 is 216 Å². The number of ether oxygens (including phenoxy) is 14. The first-order valence-electron chi connectivity index (χ1n) is 44.8. The molecule has 7 rings (SSSR count). The first kappa shape index (κ1) is 117. The maximum Gasteiger partial charge on any atom is 0.234 e. The third-order valence-electron chi connectivity index (χ3n) is 23.2. The number of nitrogens with one attached hydrogen (secondary N) is 6. The van der Waals surface area contributed by atoms with Crippen molar-refractivity contribution in [2.24, 2.45) is 0 Å². The van der Waals surface area contributed by atoms with Crippen LogP contribution in [-0.2, 0) is 105 Å². The fourth-order valence-electron chi connectivity index (χ4n) is 15.3. The molecule has 0 aromatic heterocycles. The molecule has 0 radical (unpaired) electrons. The summed E-state index contributed by atoms with van der Waals surface area (Å²) in [5.74, 6) is -3.76. The highest BCUT2D eigenvalue weighted by atomic mass is 16.8. The minimum absolute atomic E-state index is 0. The van der Waals surface area contributed by atoms with Crippen molar-refractivity contribution in [2.45, 2.75) is 326 Å². The molecule has 7 aliphatic rings. The second-order valence-electron chi connectivity index (χ2n) is 33.6. The van der Waals surface area contributed by atoms with E-state index in [-0.39, 0.29) is 110 Å². The molecule has 134 heavy (non-hydrogen) atoms. The minimum Gasteiger partial charge on any atom is -0.394 e. The van der Waals surface area contributed by atoms with E-state index < -0.39 is 316 Å². The number of ketones is 2. The van der Waals surface area contributed by atoms with Crippen LogP contribution in [0.3, 0.4) is 0 Å². The number of Topliss-reactive ketones (excluding diaryl/α,β-unsaturated/α-hetero) is 2. The quantitative estimate of drug-likeness (QED) is 0.0251. The summed E-state index contributed by atoms with van der Waals surface area (Å²) in [5.41, 5.74) is 0. The van der Waals surface area contributed by atoms with Crippen molar-refractivity contribution in [3.63, 3.8) is 0 Å². The number of amides is 6. The number of rotatable bonds is 58. The molecule has 0 aromatic carbocycles. The van der Waals surface area contributed by atoms with Crippen LogP contribution in [-0.4, -0.2) is 527 Å². The molecule has 0 aliphatic carbocycles. The van der Waals surface area contributed by atoms with Gasteiger partial charge in [0.2, 0.25) is 35.4 Å². The van der Waals surface area contributed by atoms with Crippen molar-refractivity contribution in [3.8, 4) is 0 Å². The molecule has 35 atom stereocenters. The molecule has 53 heteroatoms. The van der Waals surface area contributed by atoms with Crippen LogP contribution in [0.2, 0.25) is 0 Å². The second-order valence-corrected chi connectivity index (χ2v) is 33.6. The molecule has 7 aliphatic heterocycles. The summed E-state index contributed by atoms with van der Waals surface area (Å²) in [4.78, 5) is 108. The number of aliphatic hydroxyl groups excluding tert-OH is 23. The van der Waals surface area contributed by atoms with Gasteiger partial charge in [-0.1, -0.05) is 27.2 Å². The molecule has 7 fully saturated rings. The van der Waals surface area contributed by atoms with E-state index in [9.17, 15) is 156 Å². The summed E-state index contributed by atoms with van der Waals surface area (Å²) in [7, 11) is 0. The van der Waals surface area contributed by atoms with Gasteiger partial charge in [-0.05, 0) is 58.3 Å². The van der Waals surface area contributed by atoms with Gasteiger partial charge in [0.1, 0.15) is 176 Å². The monoisotopic (exact) mass is 1950 g/mol. The van der Waals surface area contributed by atoms with E-state index in [2.05, 4.69) is 31.9 Å². The largest absolute Gasteiger partial charge is 0.394 e. The van der Waals surface area contributed by atoms with Gasteiger partial charge in [0.05, 0.1) is 105 Å². The molecular weight excluding hydrogens is 1800 g/mol. The molecule has 0 spiro atoms. The predicted molar refractivity (Wildman–Crippen MR) is 446 cm³/mol. The molecule has 6 amide bonds. The van der Waals surface area contributed by atoms with E-state index in [1.165, 1.54) is 11.8 Å². The lowest BCUT2D eigenvalue weighted by Crippen LogP contribution is -2.65. The zero-order valence-electron chi connectivity index (χ0n) is 74.1. The molecule has 29 N–H and O–H groups in total. The van der Waals surface area contributed by atoms with E-state index >= 15 is 0 Å². The van der Waals surface area contributed by atoms with Gasteiger partial charge in [-0.3, -0.25) is 48.2 Å². The fraction of sp³-hybridized carbons (Fsp3) is 0.901. The van der Waals surface area contributed by atoms with Crippen molar-refractivity contribution in [3.05, 3.63) is 0 Å². The van der Waals surface area contributed by atoms with Gasteiger partial charge in [0.15, 0.2) is 44.0 Å². The fourth-order valence-corrected chi connectivity index (χ4v) is 15.3. The smallest absolute Gasteiger partial charge is 0.234 e. The Morgan fingerprint density at radius 2 is 0.530 bits per heavy atom. The van der Waals surface area contributed by atoms with Gasteiger partial charge in [0, 0.05) is 65.0 Å². The van der Waals surface area contributed by atoms with Crippen LogP contribution in [0.25, 0.3) is 0 Å². The van der Waals surface area contributed by atoms with Crippen LogP contribution >= 0.6 is 0 Å². The standard InChI is InChI=1S/C80H140N8O45.CH4/c1-3-39(93)14-7-4-9-17-81-47(95)26-87(27-48(96)82-18-10-5-8-15-40(94)16-13-23-120-77-70(118)72(132-79-68(116)63(111)56(104)43(34-91)128-79)58(106)45(130-77)36-123-75-66(114)61(109)54(102)41(32-89)126-75)28-49(97)83-19-11-6-12-20-84-50(98)29-88(30-51(99)85-21-24-121-74-65(113)60(108)53(101)38(2)125-74)31-52(100)86-22-25-122-78-71(119)73(133-80-69(117)64(112)57(105)44(35-92)129-80)59(107)46(131-78)37-124-76-67(115)62(110)55(103)42(33-90)127-76;/h38,41-46,53-80,89-92,101-119H,3-37H2,1-2H3,(H,81,95)(H,82,96)(H,83,97)(H,84,98)(H,85,99)(H,86,100);1H4/t38-,41+,42+,43+,44+,45+,46+,53+,54+,55+,56+,57+,58+,59+,60+,61-,62-,63-,64-,65-,66-,67-,68-,69-,70-,71-,72-,73-,74+,75-,76-,77-,78-,79+,80+;/m0./s1. The number of carbonyl (C=O) groups excluding carboxylic acids is 8. The van der Waals surface area contributed by atoms with Crippen molar-refractivity contribution in [1.29, 1.82) is 0 Å². The van der Waals surface area contributed by atoms with Crippen LogP contribution in [0.1, 0.15) is 111 Å². The zero-order chi connectivity index (χ0) is 97.9. The first-order chi connectivity index (χ1) is 63.4. The summed E-state index contributed by atoms with van der Waals surface area (Å²) >= 11 is 0. The molecular formula is C81H144N8O45. The van der Waals surface area contributed by atoms with Gasteiger partial charge in [-0.25, -0.2) is 0 Å². The van der Waals surface area contributed by atoms with E-state index in [0.29, 0.717) is 70.6 Å². The number of unbranched alkanes of at least 4 members (excludes halogenated alkanes) is 6. The van der Waals surface area contributed by atoms with Crippen LogP contribution in [0.4, 0.5) is 0 Å². The molecule has 53 nitrogen and oxygen atoms in total. The molecule has 7 heterocycles. The molecule has 0 unspecified atom stereocenters. The summed E-state index contributed by atoms with van der Waals surface area (Å²) in [6.45, 7) is -5.44. The maximum atomic E-state index is 13.6. The second kappa shape index (κ2) is 60.0. The van der Waals surface area contributed by atoms with Crippen molar-refractivity contribution in [2.75, 3.05) is 138 Å². The summed E-state index contributed by atoms with van der Waals surface area (Å²) < 4.78 is 78.3. The molecule has 0 saturated carbocycles.